The van der Waals surface area contributed by atoms with E-state index in [4.69, 9.17) is 9.47 Å². The van der Waals surface area contributed by atoms with Crippen LogP contribution in [0.15, 0.2) is 18.3 Å². The number of hydrogen-bond donors (Lipinski definition) is 0. The minimum absolute atomic E-state index is 0.551. The Morgan fingerprint density at radius 2 is 1.93 bits per heavy atom. The molecule has 1 aromatic rings. The van der Waals surface area contributed by atoms with Gasteiger partial charge in [-0.3, -0.25) is 0 Å². The van der Waals surface area contributed by atoms with Crippen molar-refractivity contribution in [3.63, 3.8) is 0 Å². The molecule has 0 radical (unpaired) electrons. The molecule has 0 aromatic carbocycles. The van der Waals surface area contributed by atoms with E-state index in [1.807, 2.05) is 32.2 Å². The van der Waals surface area contributed by atoms with Gasteiger partial charge in [-0.2, -0.15) is 0 Å². The summed E-state index contributed by atoms with van der Waals surface area (Å²) in [6.07, 6.45) is 2.84. The normalized spacial score (nSPS) is 9.07. The van der Waals surface area contributed by atoms with Gasteiger partial charge in [-0.1, -0.05) is 26.8 Å². The first kappa shape index (κ1) is 13.9. The van der Waals surface area contributed by atoms with E-state index in [1.165, 1.54) is 5.56 Å². The molecule has 86 valence electrons. The van der Waals surface area contributed by atoms with Gasteiger partial charge in [0.2, 0.25) is 5.88 Å². The van der Waals surface area contributed by atoms with Gasteiger partial charge in [0.25, 0.3) is 0 Å². The van der Waals surface area contributed by atoms with E-state index in [1.54, 1.807) is 7.11 Å². The number of pyridine rings is 1. The molecule has 0 aliphatic heterocycles. The molecule has 0 fully saturated rings. The van der Waals surface area contributed by atoms with Crippen molar-refractivity contribution >= 4 is 0 Å². The molecule has 15 heavy (non-hydrogen) atoms. The Kier molecular flexibility index (Phi) is 8.78. The molecule has 1 aromatic heterocycles. The second kappa shape index (κ2) is 9.46. The number of ether oxygens (including phenoxy) is 2. The monoisotopic (exact) mass is 211 g/mol. The number of aromatic nitrogens is 1. The second-order valence-corrected chi connectivity index (χ2v) is 2.70. The maximum atomic E-state index is 5.31. The van der Waals surface area contributed by atoms with Crippen LogP contribution in [0, 0.1) is 0 Å². The zero-order valence-electron chi connectivity index (χ0n) is 10.1. The summed E-state index contributed by atoms with van der Waals surface area (Å²) in [6.45, 7) is 7.24. The fourth-order valence-electron chi connectivity index (χ4n) is 0.935. The van der Waals surface area contributed by atoms with Gasteiger partial charge in [-0.15, -0.1) is 0 Å². The Morgan fingerprint density at radius 1 is 1.20 bits per heavy atom. The summed E-state index contributed by atoms with van der Waals surface area (Å²) in [7, 11) is 1.65. The Morgan fingerprint density at radius 3 is 2.40 bits per heavy atom. The first-order chi connectivity index (χ1) is 7.36. The molecule has 3 nitrogen and oxygen atoms in total. The van der Waals surface area contributed by atoms with Crippen molar-refractivity contribution in [3.05, 3.63) is 23.9 Å². The highest BCUT2D eigenvalue weighted by molar-refractivity contribution is 5.17. The van der Waals surface area contributed by atoms with Gasteiger partial charge < -0.3 is 9.47 Å². The van der Waals surface area contributed by atoms with Gasteiger partial charge in [-0.05, 0) is 12.0 Å². The van der Waals surface area contributed by atoms with Gasteiger partial charge in [0, 0.05) is 19.4 Å². The highest BCUT2D eigenvalue weighted by Gasteiger charge is 1.94. The summed E-state index contributed by atoms with van der Waals surface area (Å²) < 4.78 is 10.2. The Bertz CT molecular complexity index is 234. The lowest BCUT2D eigenvalue weighted by molar-refractivity contribution is 0.143. The first-order valence-corrected chi connectivity index (χ1v) is 5.43. The van der Waals surface area contributed by atoms with Crippen LogP contribution < -0.4 is 4.74 Å². The Balaban J connectivity index is 0.000000921. The topological polar surface area (TPSA) is 31.4 Å². The second-order valence-electron chi connectivity index (χ2n) is 2.70. The number of methoxy groups -OCH3 is 1. The van der Waals surface area contributed by atoms with Crippen molar-refractivity contribution in [2.24, 2.45) is 0 Å². The smallest absolute Gasteiger partial charge is 0.213 e. The predicted molar refractivity (Wildman–Crippen MR) is 62.3 cm³/mol. The number of hydrogen-bond acceptors (Lipinski definition) is 3. The first-order valence-electron chi connectivity index (χ1n) is 5.43. The number of rotatable bonds is 5. The summed E-state index contributed by atoms with van der Waals surface area (Å²) in [5.41, 5.74) is 1.22. The molecule has 1 rings (SSSR count). The molecule has 1 heterocycles. The summed E-state index contributed by atoms with van der Waals surface area (Å²) in [5, 5.41) is 0. The molecule has 0 saturated carbocycles. The third-order valence-electron chi connectivity index (χ3n) is 1.74. The summed E-state index contributed by atoms with van der Waals surface area (Å²) in [4.78, 5) is 4.14. The number of aryl methyl sites for hydroxylation is 1. The van der Waals surface area contributed by atoms with Crippen LogP contribution in [0.4, 0.5) is 0 Å². The Hall–Kier alpha value is -1.09. The molecule has 0 spiro atoms. The molecule has 3 heteroatoms. The summed E-state index contributed by atoms with van der Waals surface area (Å²) in [6, 6.07) is 3.91. The molecule has 0 aliphatic carbocycles. The van der Waals surface area contributed by atoms with Crippen LogP contribution in [0.25, 0.3) is 0 Å². The van der Waals surface area contributed by atoms with Crippen molar-refractivity contribution in [1.82, 2.24) is 4.98 Å². The van der Waals surface area contributed by atoms with Crippen LogP contribution in [-0.4, -0.2) is 25.3 Å². The maximum absolute atomic E-state index is 5.31. The molecule has 0 atom stereocenters. The predicted octanol–water partition coefficient (Wildman–Crippen LogP) is 2.70. The van der Waals surface area contributed by atoms with Gasteiger partial charge in [0.1, 0.15) is 6.61 Å². The van der Waals surface area contributed by atoms with Crippen molar-refractivity contribution in [3.8, 4) is 5.88 Å². The van der Waals surface area contributed by atoms with Crippen molar-refractivity contribution < 1.29 is 9.47 Å². The largest absolute Gasteiger partial charge is 0.475 e. The van der Waals surface area contributed by atoms with E-state index in [-0.39, 0.29) is 0 Å². The van der Waals surface area contributed by atoms with Crippen LogP contribution in [0.2, 0.25) is 0 Å². The van der Waals surface area contributed by atoms with Crippen LogP contribution in [-0.2, 0) is 11.2 Å². The minimum Gasteiger partial charge on any atom is -0.475 e. The highest BCUT2D eigenvalue weighted by Crippen LogP contribution is 2.07. The van der Waals surface area contributed by atoms with E-state index < -0.39 is 0 Å². The lowest BCUT2D eigenvalue weighted by Crippen LogP contribution is -2.05. The number of nitrogens with zero attached hydrogens (tertiary/aromatic N) is 1. The molecule has 0 N–H and O–H groups in total. The quantitative estimate of drug-likeness (QED) is 0.702. The average Bonchev–Trinajstić information content (AvgIpc) is 2.33. The van der Waals surface area contributed by atoms with Crippen LogP contribution >= 0.6 is 0 Å². The standard InChI is InChI=1S/C10H15NO2.C2H6/c1-3-9-4-5-10(11-8-9)13-7-6-12-2;1-2/h4-5,8H,3,6-7H2,1-2H3;1-2H3. The van der Waals surface area contributed by atoms with Crippen molar-refractivity contribution in [1.29, 1.82) is 0 Å². The van der Waals surface area contributed by atoms with Gasteiger partial charge >= 0.3 is 0 Å². The molecule has 0 unspecified atom stereocenters. The van der Waals surface area contributed by atoms with E-state index in [9.17, 15) is 0 Å². The fraction of sp³-hybridized carbons (Fsp3) is 0.583. The van der Waals surface area contributed by atoms with Crippen LogP contribution in [0.3, 0.4) is 0 Å². The fourth-order valence-corrected chi connectivity index (χ4v) is 0.935. The molecule has 0 aliphatic rings. The lowest BCUT2D eigenvalue weighted by Gasteiger charge is -2.04. The molecular weight excluding hydrogens is 190 g/mol. The van der Waals surface area contributed by atoms with E-state index in [2.05, 4.69) is 11.9 Å². The van der Waals surface area contributed by atoms with E-state index in [0.29, 0.717) is 19.1 Å². The minimum atomic E-state index is 0.551. The lowest BCUT2D eigenvalue weighted by atomic mass is 10.2. The van der Waals surface area contributed by atoms with Crippen LogP contribution in [0.1, 0.15) is 26.3 Å². The maximum Gasteiger partial charge on any atom is 0.213 e. The van der Waals surface area contributed by atoms with Gasteiger partial charge in [0.15, 0.2) is 0 Å². The van der Waals surface area contributed by atoms with E-state index in [0.717, 1.165) is 6.42 Å². The highest BCUT2D eigenvalue weighted by atomic mass is 16.5. The molecule has 0 amide bonds. The SMILES string of the molecule is CC.CCc1ccc(OCCOC)nc1. The zero-order chi connectivity index (χ0) is 11.5. The third kappa shape index (κ3) is 6.07. The van der Waals surface area contributed by atoms with Gasteiger partial charge in [0.05, 0.1) is 6.61 Å². The Labute approximate surface area is 92.4 Å². The molecule has 0 saturated heterocycles. The summed E-state index contributed by atoms with van der Waals surface area (Å²) in [5.74, 6) is 0.661. The average molecular weight is 211 g/mol. The summed E-state index contributed by atoms with van der Waals surface area (Å²) >= 11 is 0. The third-order valence-corrected chi connectivity index (χ3v) is 1.74. The zero-order valence-corrected chi connectivity index (χ0v) is 10.1. The van der Waals surface area contributed by atoms with Crippen molar-refractivity contribution in [2.45, 2.75) is 27.2 Å². The molecular formula is C12H21NO2. The van der Waals surface area contributed by atoms with Gasteiger partial charge in [-0.25, -0.2) is 4.98 Å². The van der Waals surface area contributed by atoms with E-state index >= 15 is 0 Å². The molecule has 0 bridgehead atoms. The van der Waals surface area contributed by atoms with Crippen molar-refractivity contribution in [2.75, 3.05) is 20.3 Å². The van der Waals surface area contributed by atoms with Crippen LogP contribution in [0.5, 0.6) is 5.88 Å².